The van der Waals surface area contributed by atoms with Crippen LogP contribution in [0.15, 0.2) is 34.1 Å². The third-order valence-corrected chi connectivity index (χ3v) is 5.44. The highest BCUT2D eigenvalue weighted by Gasteiger charge is 2.45. The van der Waals surface area contributed by atoms with Crippen LogP contribution in [0.4, 0.5) is 4.79 Å². The van der Waals surface area contributed by atoms with Gasteiger partial charge in [-0.3, -0.25) is 4.79 Å². The Balaban J connectivity index is 1.54. The molecular weight excluding hydrogens is 388 g/mol. The maximum absolute atomic E-state index is 12.7. The van der Waals surface area contributed by atoms with Crippen molar-refractivity contribution in [1.82, 2.24) is 10.2 Å². The van der Waals surface area contributed by atoms with Gasteiger partial charge in [0.25, 0.3) is 0 Å². The number of amides is 1. The van der Waals surface area contributed by atoms with Crippen molar-refractivity contribution in [1.29, 1.82) is 0 Å². The normalized spacial score (nSPS) is 23.6. The van der Waals surface area contributed by atoms with Crippen LogP contribution < -0.4 is 5.32 Å². The topological polar surface area (TPSA) is 98.1 Å². The second kappa shape index (κ2) is 8.53. The molecule has 0 spiro atoms. The molecule has 1 aliphatic carbocycles. The fourth-order valence-electron chi connectivity index (χ4n) is 4.00. The van der Waals surface area contributed by atoms with E-state index in [1.807, 2.05) is 12.1 Å². The van der Waals surface area contributed by atoms with Crippen molar-refractivity contribution in [2.45, 2.75) is 58.1 Å². The molecule has 1 saturated carbocycles. The van der Waals surface area contributed by atoms with E-state index in [9.17, 15) is 14.4 Å². The lowest BCUT2D eigenvalue weighted by Crippen LogP contribution is -2.40. The number of hydrogen-bond donors (Lipinski definition) is 1. The number of furan rings is 1. The van der Waals surface area contributed by atoms with E-state index in [0.717, 1.165) is 5.76 Å². The zero-order valence-electron chi connectivity index (χ0n) is 18.2. The lowest BCUT2D eigenvalue weighted by Gasteiger charge is -2.30. The smallest absolute Gasteiger partial charge is 0.410 e. The minimum atomic E-state index is -0.589. The van der Waals surface area contributed by atoms with E-state index in [1.165, 1.54) is 4.90 Å². The standard InChI is InChI=1S/C22H30N2O6/c1-13-18-15(11-14(12-16(18)25)17-7-6-9-28-17)23-19(13)20(26)29-10-8-24(5)21(27)30-22(2,3)4/h6-7,9,14-15,18,23H,8,10-12H2,1-5H3. The van der Waals surface area contributed by atoms with Gasteiger partial charge in [-0.25, -0.2) is 9.59 Å². The van der Waals surface area contributed by atoms with Gasteiger partial charge in [0, 0.05) is 25.4 Å². The lowest BCUT2D eigenvalue weighted by atomic mass is 9.75. The van der Waals surface area contributed by atoms with E-state index >= 15 is 0 Å². The van der Waals surface area contributed by atoms with Gasteiger partial charge in [0.2, 0.25) is 0 Å². The van der Waals surface area contributed by atoms with Gasteiger partial charge < -0.3 is 24.1 Å². The van der Waals surface area contributed by atoms with Crippen LogP contribution in [-0.4, -0.2) is 54.6 Å². The summed E-state index contributed by atoms with van der Waals surface area (Å²) in [4.78, 5) is 38.6. The molecule has 8 heteroatoms. The van der Waals surface area contributed by atoms with E-state index in [1.54, 1.807) is 41.0 Å². The van der Waals surface area contributed by atoms with E-state index in [0.29, 0.717) is 24.1 Å². The molecule has 1 N–H and O–H groups in total. The molecule has 0 radical (unpaired) electrons. The van der Waals surface area contributed by atoms with Crippen molar-refractivity contribution < 1.29 is 28.3 Å². The number of Topliss-reactive ketones (excluding diaryl/α,β-unsaturated/α-hetero) is 1. The van der Waals surface area contributed by atoms with Crippen molar-refractivity contribution >= 4 is 17.8 Å². The Labute approximate surface area is 176 Å². The molecule has 164 valence electrons. The molecule has 1 aromatic heterocycles. The van der Waals surface area contributed by atoms with Crippen LogP contribution >= 0.6 is 0 Å². The second-order valence-electron chi connectivity index (χ2n) is 8.94. The number of ketones is 1. The van der Waals surface area contributed by atoms with Crippen LogP contribution in [0, 0.1) is 5.92 Å². The third-order valence-electron chi connectivity index (χ3n) is 5.44. The highest BCUT2D eigenvalue weighted by atomic mass is 16.6. The predicted molar refractivity (Wildman–Crippen MR) is 109 cm³/mol. The summed E-state index contributed by atoms with van der Waals surface area (Å²) in [6.07, 6.45) is 2.23. The summed E-state index contributed by atoms with van der Waals surface area (Å²) in [5.74, 6) is 0.0736. The average molecular weight is 418 g/mol. The zero-order chi connectivity index (χ0) is 22.1. The van der Waals surface area contributed by atoms with Gasteiger partial charge in [-0.2, -0.15) is 0 Å². The SMILES string of the molecule is CC1=C(C(=O)OCCN(C)C(=O)OC(C)(C)C)NC2CC(c3ccco3)CC(=O)C12. The van der Waals surface area contributed by atoms with Crippen LogP contribution in [0.2, 0.25) is 0 Å². The number of rotatable bonds is 5. The number of likely N-dealkylation sites (N-methyl/N-ethyl adjacent to an activating group) is 1. The van der Waals surface area contributed by atoms with Crippen molar-refractivity contribution in [3.8, 4) is 0 Å². The van der Waals surface area contributed by atoms with Crippen molar-refractivity contribution in [2.75, 3.05) is 20.2 Å². The molecule has 1 amide bonds. The molecule has 8 nitrogen and oxygen atoms in total. The summed E-state index contributed by atoms with van der Waals surface area (Å²) in [6.45, 7) is 7.40. The van der Waals surface area contributed by atoms with Gasteiger partial charge in [-0.15, -0.1) is 0 Å². The average Bonchev–Trinajstić information content (AvgIpc) is 3.28. The molecule has 0 bridgehead atoms. The number of carbonyl (C=O) groups is 3. The van der Waals surface area contributed by atoms with Gasteiger partial charge >= 0.3 is 12.1 Å². The van der Waals surface area contributed by atoms with Crippen molar-refractivity contribution in [3.63, 3.8) is 0 Å². The quantitative estimate of drug-likeness (QED) is 0.734. The minimum Gasteiger partial charge on any atom is -0.469 e. The molecule has 2 aliphatic rings. The van der Waals surface area contributed by atoms with E-state index in [4.69, 9.17) is 13.9 Å². The van der Waals surface area contributed by atoms with Gasteiger partial charge in [-0.1, -0.05) is 0 Å². The molecule has 1 fully saturated rings. The Morgan fingerprint density at radius 3 is 2.70 bits per heavy atom. The fourth-order valence-corrected chi connectivity index (χ4v) is 4.00. The number of hydrogen-bond acceptors (Lipinski definition) is 7. The first-order valence-corrected chi connectivity index (χ1v) is 10.2. The van der Waals surface area contributed by atoms with Gasteiger partial charge in [-0.05, 0) is 51.8 Å². The fraction of sp³-hybridized carbons (Fsp3) is 0.591. The molecule has 30 heavy (non-hydrogen) atoms. The highest BCUT2D eigenvalue weighted by Crippen LogP contribution is 2.41. The molecule has 0 saturated heterocycles. The van der Waals surface area contributed by atoms with Crippen LogP contribution in [-0.2, 0) is 19.1 Å². The molecule has 2 heterocycles. The molecule has 3 atom stereocenters. The molecular formula is C22H30N2O6. The van der Waals surface area contributed by atoms with Crippen LogP contribution in [0.1, 0.15) is 52.2 Å². The number of esters is 1. The second-order valence-corrected chi connectivity index (χ2v) is 8.94. The summed E-state index contributed by atoms with van der Waals surface area (Å²) < 4.78 is 16.1. The molecule has 0 aromatic carbocycles. The maximum atomic E-state index is 12.7. The zero-order valence-corrected chi connectivity index (χ0v) is 18.2. The maximum Gasteiger partial charge on any atom is 0.410 e. The number of fused-ring (bicyclic) bond motifs is 1. The molecule has 1 aromatic rings. The Morgan fingerprint density at radius 1 is 1.33 bits per heavy atom. The van der Waals surface area contributed by atoms with Gasteiger partial charge in [0.15, 0.2) is 0 Å². The van der Waals surface area contributed by atoms with E-state index < -0.39 is 17.7 Å². The number of ether oxygens (including phenoxy) is 2. The predicted octanol–water partition coefficient (Wildman–Crippen LogP) is 3.00. The molecule has 1 aliphatic heterocycles. The summed E-state index contributed by atoms with van der Waals surface area (Å²) >= 11 is 0. The summed E-state index contributed by atoms with van der Waals surface area (Å²) in [5, 5.41) is 3.19. The Hall–Kier alpha value is -2.77. The van der Waals surface area contributed by atoms with Gasteiger partial charge in [0.05, 0.1) is 18.7 Å². The Bertz CT molecular complexity index is 836. The van der Waals surface area contributed by atoms with E-state index in [2.05, 4.69) is 5.32 Å². The first-order chi connectivity index (χ1) is 14.1. The van der Waals surface area contributed by atoms with Crippen LogP contribution in [0.25, 0.3) is 0 Å². The number of nitrogens with one attached hydrogen (secondary N) is 1. The third kappa shape index (κ3) is 4.86. The van der Waals surface area contributed by atoms with Crippen molar-refractivity contribution in [2.24, 2.45) is 5.92 Å². The summed E-state index contributed by atoms with van der Waals surface area (Å²) in [6, 6.07) is 3.55. The molecule has 3 unspecified atom stereocenters. The van der Waals surface area contributed by atoms with Crippen molar-refractivity contribution in [3.05, 3.63) is 35.4 Å². The monoisotopic (exact) mass is 418 g/mol. The summed E-state index contributed by atoms with van der Waals surface area (Å²) in [7, 11) is 1.59. The lowest BCUT2D eigenvalue weighted by molar-refractivity contribution is -0.139. The number of carbonyl (C=O) groups excluding carboxylic acids is 3. The Morgan fingerprint density at radius 2 is 2.07 bits per heavy atom. The largest absolute Gasteiger partial charge is 0.469 e. The Kier molecular flexibility index (Phi) is 6.24. The molecule has 3 rings (SSSR count). The number of nitrogens with zero attached hydrogens (tertiary/aromatic N) is 1. The first-order valence-electron chi connectivity index (χ1n) is 10.2. The van der Waals surface area contributed by atoms with Gasteiger partial charge in [0.1, 0.15) is 29.4 Å². The van der Waals surface area contributed by atoms with Crippen LogP contribution in [0.5, 0.6) is 0 Å². The minimum absolute atomic E-state index is 0.00639. The highest BCUT2D eigenvalue weighted by molar-refractivity contribution is 5.94. The van der Waals surface area contributed by atoms with Crippen LogP contribution in [0.3, 0.4) is 0 Å². The first kappa shape index (κ1) is 21.9. The summed E-state index contributed by atoms with van der Waals surface area (Å²) in [5.41, 5.74) is 0.473. The van der Waals surface area contributed by atoms with E-state index in [-0.39, 0.29) is 36.8 Å².